The summed E-state index contributed by atoms with van der Waals surface area (Å²) in [5.41, 5.74) is 2.85. The van der Waals surface area contributed by atoms with Gasteiger partial charge >= 0.3 is 0 Å². The van der Waals surface area contributed by atoms with Crippen LogP contribution in [0.3, 0.4) is 0 Å². The number of hydrogen-bond acceptors (Lipinski definition) is 2. The lowest BCUT2D eigenvalue weighted by molar-refractivity contribution is -0.113. The van der Waals surface area contributed by atoms with E-state index in [2.05, 4.69) is 0 Å². The minimum absolute atomic E-state index is 0.141. The molecule has 0 unspecified atom stereocenters. The number of amides is 1. The van der Waals surface area contributed by atoms with Gasteiger partial charge in [-0.15, -0.1) is 0 Å². The Morgan fingerprint density at radius 3 is 2.20 bits per heavy atom. The van der Waals surface area contributed by atoms with Crippen molar-refractivity contribution in [3.05, 3.63) is 41.5 Å². The van der Waals surface area contributed by atoms with Gasteiger partial charge in [0.2, 0.25) is 0 Å². The summed E-state index contributed by atoms with van der Waals surface area (Å²) in [6.07, 6.45) is 2.95. The highest BCUT2D eigenvalue weighted by atomic mass is 16.2. The molecule has 0 aromatic heterocycles. The Balaban J connectivity index is 2.55. The van der Waals surface area contributed by atoms with Gasteiger partial charge in [-0.2, -0.15) is 0 Å². The third kappa shape index (κ3) is 1.46. The van der Waals surface area contributed by atoms with Gasteiger partial charge in [0.25, 0.3) is 5.91 Å². The molecule has 76 valence electrons. The van der Waals surface area contributed by atoms with Gasteiger partial charge in [0, 0.05) is 6.08 Å². The van der Waals surface area contributed by atoms with E-state index < -0.39 is 0 Å². The molecule has 0 atom stereocenters. The summed E-state index contributed by atoms with van der Waals surface area (Å²) in [7, 11) is 0. The van der Waals surface area contributed by atoms with E-state index >= 15 is 0 Å². The zero-order valence-corrected chi connectivity index (χ0v) is 8.74. The van der Waals surface area contributed by atoms with Gasteiger partial charge in [-0.25, -0.2) is 0 Å². The second-order valence-corrected chi connectivity index (χ2v) is 3.63. The highest BCUT2D eigenvalue weighted by Crippen LogP contribution is 2.27. The van der Waals surface area contributed by atoms with Crippen molar-refractivity contribution in [2.24, 2.45) is 0 Å². The van der Waals surface area contributed by atoms with Crippen molar-refractivity contribution < 1.29 is 4.79 Å². The van der Waals surface area contributed by atoms with Crippen molar-refractivity contribution >= 4 is 17.4 Å². The van der Waals surface area contributed by atoms with Crippen molar-refractivity contribution in [3.63, 3.8) is 0 Å². The van der Waals surface area contributed by atoms with Gasteiger partial charge in [0.1, 0.15) is 5.84 Å². The third-order valence-electron chi connectivity index (χ3n) is 2.51. The number of anilines is 1. The van der Waals surface area contributed by atoms with Crippen molar-refractivity contribution in [3.8, 4) is 0 Å². The average Bonchev–Trinajstić information content (AvgIpc) is 2.49. The molecule has 0 fully saturated rings. The first-order valence-electron chi connectivity index (χ1n) is 4.78. The van der Waals surface area contributed by atoms with Crippen LogP contribution in [0.25, 0.3) is 0 Å². The van der Waals surface area contributed by atoms with Crippen molar-refractivity contribution in [1.29, 1.82) is 5.41 Å². The molecule has 0 spiro atoms. The normalized spacial score (nSPS) is 15.2. The number of amidine groups is 1. The van der Waals surface area contributed by atoms with E-state index in [4.69, 9.17) is 5.41 Å². The molecule has 0 aliphatic carbocycles. The zero-order chi connectivity index (χ0) is 11.0. The second-order valence-electron chi connectivity index (χ2n) is 3.63. The van der Waals surface area contributed by atoms with E-state index in [0.717, 1.165) is 16.8 Å². The predicted octanol–water partition coefficient (Wildman–Crippen LogP) is 2.18. The van der Waals surface area contributed by atoms with Crippen molar-refractivity contribution in [2.45, 2.75) is 13.8 Å². The minimum Gasteiger partial charge on any atom is -0.284 e. The lowest BCUT2D eigenvalue weighted by Crippen LogP contribution is -2.30. The van der Waals surface area contributed by atoms with Gasteiger partial charge in [0.05, 0.1) is 5.69 Å². The molecule has 2 rings (SSSR count). The Bertz CT molecular complexity index is 436. The van der Waals surface area contributed by atoms with Crippen LogP contribution in [-0.4, -0.2) is 11.7 Å². The molecule has 1 aliphatic heterocycles. The Kier molecular flexibility index (Phi) is 2.15. The molecule has 0 saturated heterocycles. The quantitative estimate of drug-likeness (QED) is 0.742. The molecule has 1 aromatic rings. The SMILES string of the molecule is Cc1cccc(C)c1N1C(=N)C=CC1=O. The van der Waals surface area contributed by atoms with Crippen LogP contribution in [0.4, 0.5) is 5.69 Å². The first kappa shape index (κ1) is 9.65. The maximum atomic E-state index is 11.6. The fraction of sp³-hybridized carbons (Fsp3) is 0.167. The minimum atomic E-state index is -0.141. The van der Waals surface area contributed by atoms with Crippen LogP contribution in [0.1, 0.15) is 11.1 Å². The summed E-state index contributed by atoms with van der Waals surface area (Å²) in [6.45, 7) is 3.89. The molecule has 1 aromatic carbocycles. The molecule has 1 amide bonds. The first-order valence-corrected chi connectivity index (χ1v) is 4.78. The topological polar surface area (TPSA) is 44.2 Å². The van der Waals surface area contributed by atoms with Crippen LogP contribution in [0.2, 0.25) is 0 Å². The van der Waals surface area contributed by atoms with E-state index in [-0.39, 0.29) is 11.7 Å². The summed E-state index contributed by atoms with van der Waals surface area (Å²) in [5.74, 6) is 0.0924. The summed E-state index contributed by atoms with van der Waals surface area (Å²) >= 11 is 0. The number of nitrogens with zero attached hydrogens (tertiary/aromatic N) is 1. The average molecular weight is 200 g/mol. The monoisotopic (exact) mass is 200 g/mol. The van der Waals surface area contributed by atoms with Crippen LogP contribution in [0.15, 0.2) is 30.4 Å². The van der Waals surface area contributed by atoms with Gasteiger partial charge < -0.3 is 0 Å². The van der Waals surface area contributed by atoms with Crippen molar-refractivity contribution in [2.75, 3.05) is 4.90 Å². The van der Waals surface area contributed by atoms with Crippen molar-refractivity contribution in [1.82, 2.24) is 0 Å². The summed E-state index contributed by atoms with van der Waals surface area (Å²) in [4.78, 5) is 13.0. The van der Waals surface area contributed by atoms with Gasteiger partial charge in [-0.1, -0.05) is 18.2 Å². The Morgan fingerprint density at radius 1 is 1.13 bits per heavy atom. The number of para-hydroxylation sites is 1. The molecule has 0 radical (unpaired) electrons. The molecule has 15 heavy (non-hydrogen) atoms. The number of hydrogen-bond donors (Lipinski definition) is 1. The predicted molar refractivity (Wildman–Crippen MR) is 60.3 cm³/mol. The number of carbonyl (C=O) groups excluding carboxylic acids is 1. The smallest absolute Gasteiger partial charge is 0.256 e. The highest BCUT2D eigenvalue weighted by molar-refractivity contribution is 6.29. The zero-order valence-electron chi connectivity index (χ0n) is 8.74. The fourth-order valence-corrected chi connectivity index (χ4v) is 1.81. The summed E-state index contributed by atoms with van der Waals surface area (Å²) in [5, 5.41) is 7.69. The summed E-state index contributed by atoms with van der Waals surface area (Å²) < 4.78 is 0. The van der Waals surface area contributed by atoms with Crippen LogP contribution >= 0.6 is 0 Å². The van der Waals surface area contributed by atoms with E-state index in [0.29, 0.717) is 0 Å². The Labute approximate surface area is 88.5 Å². The molecule has 0 saturated carbocycles. The lowest BCUT2D eigenvalue weighted by atomic mass is 10.1. The van der Waals surface area contributed by atoms with E-state index in [1.807, 2.05) is 32.0 Å². The largest absolute Gasteiger partial charge is 0.284 e. The number of rotatable bonds is 1. The number of aryl methyl sites for hydroxylation is 2. The van der Waals surface area contributed by atoms with Gasteiger partial charge in [-0.05, 0) is 31.1 Å². The summed E-state index contributed by atoms with van der Waals surface area (Å²) in [6, 6.07) is 5.84. The molecule has 0 bridgehead atoms. The number of nitrogens with one attached hydrogen (secondary N) is 1. The first-order chi connectivity index (χ1) is 7.11. The molecular weight excluding hydrogens is 188 g/mol. The van der Waals surface area contributed by atoms with Gasteiger partial charge in [0.15, 0.2) is 0 Å². The standard InChI is InChI=1S/C12H12N2O/c1-8-4-3-5-9(2)12(8)14-10(13)6-7-11(14)15/h3-7,13H,1-2H3. The Morgan fingerprint density at radius 2 is 1.73 bits per heavy atom. The highest BCUT2D eigenvalue weighted by Gasteiger charge is 2.24. The second kappa shape index (κ2) is 3.35. The third-order valence-corrected chi connectivity index (χ3v) is 2.51. The lowest BCUT2D eigenvalue weighted by Gasteiger charge is -2.20. The molecule has 1 N–H and O–H groups in total. The van der Waals surface area contributed by atoms with Crippen LogP contribution < -0.4 is 4.90 Å². The maximum Gasteiger partial charge on any atom is 0.256 e. The fourth-order valence-electron chi connectivity index (χ4n) is 1.81. The molecule has 3 heteroatoms. The van der Waals surface area contributed by atoms with Crippen LogP contribution in [0, 0.1) is 19.3 Å². The van der Waals surface area contributed by atoms with Crippen LogP contribution in [-0.2, 0) is 4.79 Å². The van der Waals surface area contributed by atoms with E-state index in [9.17, 15) is 4.79 Å². The maximum absolute atomic E-state index is 11.6. The number of carbonyl (C=O) groups is 1. The van der Waals surface area contributed by atoms with E-state index in [1.54, 1.807) is 0 Å². The Hall–Kier alpha value is -1.90. The molecule has 1 aliphatic rings. The van der Waals surface area contributed by atoms with Crippen LogP contribution in [0.5, 0.6) is 0 Å². The molecular formula is C12H12N2O. The molecule has 1 heterocycles. The number of benzene rings is 1. The van der Waals surface area contributed by atoms with E-state index in [1.165, 1.54) is 17.1 Å². The van der Waals surface area contributed by atoms with Gasteiger partial charge in [-0.3, -0.25) is 15.1 Å². The molecule has 3 nitrogen and oxygen atoms in total.